The fraction of sp³-hybridized carbons (Fsp3) is 1.00. The van der Waals surface area contributed by atoms with E-state index in [2.05, 4.69) is 13.8 Å². The van der Waals surface area contributed by atoms with E-state index in [4.69, 9.17) is 0 Å². The van der Waals surface area contributed by atoms with Crippen molar-refractivity contribution in [3.05, 3.63) is 0 Å². The lowest BCUT2D eigenvalue weighted by Crippen LogP contribution is -2.57. The van der Waals surface area contributed by atoms with Crippen molar-refractivity contribution in [1.29, 1.82) is 0 Å². The third-order valence-corrected chi connectivity index (χ3v) is 9.24. The standard InChI is InChI=1S/C20H34O4/c1-10-8-19-9-16(22)20(24)14(7-15(21)18(20,3)4)11(2)13(19)6-5-12(10)17(19)23/h10-17,21-24H,5-9H2,1-4H3/t10-,11-,12-,13-,14-,15-,16+,17+,19+,20-/m0/s1. The summed E-state index contributed by atoms with van der Waals surface area (Å²) in [5.74, 6) is 1.23. The topological polar surface area (TPSA) is 80.9 Å². The van der Waals surface area contributed by atoms with Crippen LogP contribution in [0.2, 0.25) is 0 Å². The molecule has 0 aromatic carbocycles. The molecule has 24 heavy (non-hydrogen) atoms. The molecule has 10 atom stereocenters. The molecule has 4 saturated carbocycles. The molecule has 0 heterocycles. The number of aliphatic hydroxyl groups is 4. The fourth-order valence-electron chi connectivity index (χ4n) is 7.77. The SMILES string of the molecule is C[C@H]1[C@@H]2CC[C@@H]3[C@@H](O)[C@@]2(C[C@@H](O)[C@@]2(O)[C@H]1C[C@H](O)C2(C)C)C[C@@H]3C. The Hall–Kier alpha value is -0.160. The largest absolute Gasteiger partial charge is 0.392 e. The number of aliphatic hydroxyl groups excluding tert-OH is 3. The molecular formula is C20H34O4. The van der Waals surface area contributed by atoms with Crippen LogP contribution in [0.1, 0.15) is 59.8 Å². The van der Waals surface area contributed by atoms with E-state index in [9.17, 15) is 20.4 Å². The van der Waals surface area contributed by atoms with E-state index in [0.717, 1.165) is 19.3 Å². The maximum Gasteiger partial charge on any atom is 0.101 e. The monoisotopic (exact) mass is 338 g/mol. The summed E-state index contributed by atoms with van der Waals surface area (Å²) in [6.07, 6.45) is 2.24. The molecule has 4 N–H and O–H groups in total. The smallest absolute Gasteiger partial charge is 0.101 e. The van der Waals surface area contributed by atoms with Crippen molar-refractivity contribution >= 4 is 0 Å². The summed E-state index contributed by atoms with van der Waals surface area (Å²) < 4.78 is 0. The van der Waals surface area contributed by atoms with Gasteiger partial charge in [0.1, 0.15) is 5.60 Å². The van der Waals surface area contributed by atoms with Gasteiger partial charge in [0.05, 0.1) is 18.3 Å². The first-order valence-electron chi connectivity index (χ1n) is 9.84. The Bertz CT molecular complexity index is 534. The third-order valence-electron chi connectivity index (χ3n) is 9.24. The van der Waals surface area contributed by atoms with Crippen LogP contribution in [-0.2, 0) is 0 Å². The first kappa shape index (κ1) is 17.3. The summed E-state index contributed by atoms with van der Waals surface area (Å²) in [5, 5.41) is 44.5. The predicted molar refractivity (Wildman–Crippen MR) is 91.1 cm³/mol. The van der Waals surface area contributed by atoms with Crippen LogP contribution in [0, 0.1) is 40.4 Å². The Morgan fingerprint density at radius 3 is 2.21 bits per heavy atom. The van der Waals surface area contributed by atoms with Crippen molar-refractivity contribution in [1.82, 2.24) is 0 Å². The second kappa shape index (κ2) is 4.97. The molecule has 4 aliphatic carbocycles. The molecule has 4 fully saturated rings. The molecular weight excluding hydrogens is 304 g/mol. The maximum absolute atomic E-state index is 11.7. The molecule has 4 nitrogen and oxygen atoms in total. The van der Waals surface area contributed by atoms with E-state index in [1.54, 1.807) is 0 Å². The number of hydrogen-bond donors (Lipinski definition) is 4. The Kier molecular flexibility index (Phi) is 3.57. The molecule has 0 aromatic heterocycles. The van der Waals surface area contributed by atoms with Gasteiger partial charge in [0.2, 0.25) is 0 Å². The molecule has 0 unspecified atom stereocenters. The minimum absolute atomic E-state index is 0.110. The molecule has 4 rings (SSSR count). The Balaban J connectivity index is 1.82. The van der Waals surface area contributed by atoms with Gasteiger partial charge in [0, 0.05) is 10.8 Å². The summed E-state index contributed by atoms with van der Waals surface area (Å²) in [5.41, 5.74) is -2.27. The number of rotatable bonds is 0. The summed E-state index contributed by atoms with van der Waals surface area (Å²) >= 11 is 0. The first-order valence-corrected chi connectivity index (χ1v) is 9.84. The number of fused-ring (bicyclic) bond motifs is 2. The van der Waals surface area contributed by atoms with E-state index in [-0.39, 0.29) is 23.4 Å². The highest BCUT2D eigenvalue weighted by molar-refractivity contribution is 5.20. The maximum atomic E-state index is 11.7. The molecule has 0 amide bonds. The summed E-state index contributed by atoms with van der Waals surface area (Å²) in [6.45, 7) is 8.19. The Labute approximate surface area is 145 Å². The van der Waals surface area contributed by atoms with Gasteiger partial charge < -0.3 is 20.4 Å². The zero-order valence-corrected chi connectivity index (χ0v) is 15.4. The lowest BCUT2D eigenvalue weighted by molar-refractivity contribution is -0.178. The van der Waals surface area contributed by atoms with Crippen LogP contribution in [0.15, 0.2) is 0 Å². The first-order chi connectivity index (χ1) is 11.1. The van der Waals surface area contributed by atoms with Crippen LogP contribution in [0.3, 0.4) is 0 Å². The van der Waals surface area contributed by atoms with Crippen molar-refractivity contribution in [2.24, 2.45) is 40.4 Å². The van der Waals surface area contributed by atoms with Gasteiger partial charge in [0.25, 0.3) is 0 Å². The van der Waals surface area contributed by atoms with E-state index >= 15 is 0 Å². The van der Waals surface area contributed by atoms with Crippen molar-refractivity contribution in [3.8, 4) is 0 Å². The number of hydrogen-bond acceptors (Lipinski definition) is 4. The summed E-state index contributed by atoms with van der Waals surface area (Å²) in [6, 6.07) is 0. The van der Waals surface area contributed by atoms with Crippen molar-refractivity contribution in [3.63, 3.8) is 0 Å². The van der Waals surface area contributed by atoms with E-state index in [1.807, 2.05) is 13.8 Å². The van der Waals surface area contributed by atoms with Gasteiger partial charge in [-0.05, 0) is 61.7 Å². The van der Waals surface area contributed by atoms with Crippen LogP contribution in [0.5, 0.6) is 0 Å². The highest BCUT2D eigenvalue weighted by Crippen LogP contribution is 2.68. The zero-order chi connectivity index (χ0) is 17.7. The normalized spacial score (nSPS) is 62.0. The van der Waals surface area contributed by atoms with Crippen LogP contribution < -0.4 is 0 Å². The summed E-state index contributed by atoms with van der Waals surface area (Å²) in [4.78, 5) is 0. The van der Waals surface area contributed by atoms with Gasteiger partial charge in [0.15, 0.2) is 0 Å². The molecule has 0 radical (unpaired) electrons. The van der Waals surface area contributed by atoms with Gasteiger partial charge in [-0.1, -0.05) is 27.7 Å². The molecule has 2 bridgehead atoms. The molecule has 0 saturated heterocycles. The van der Waals surface area contributed by atoms with Crippen molar-refractivity contribution in [2.75, 3.05) is 0 Å². The predicted octanol–water partition coefficient (Wildman–Crippen LogP) is 1.94. The van der Waals surface area contributed by atoms with Crippen LogP contribution >= 0.6 is 0 Å². The average molecular weight is 338 g/mol. The summed E-state index contributed by atoms with van der Waals surface area (Å²) in [7, 11) is 0. The molecule has 0 aromatic rings. The van der Waals surface area contributed by atoms with Crippen LogP contribution in [0.4, 0.5) is 0 Å². The van der Waals surface area contributed by atoms with Crippen LogP contribution in [0.25, 0.3) is 0 Å². The van der Waals surface area contributed by atoms with Crippen molar-refractivity contribution in [2.45, 2.75) is 83.7 Å². The van der Waals surface area contributed by atoms with Gasteiger partial charge >= 0.3 is 0 Å². The van der Waals surface area contributed by atoms with Crippen molar-refractivity contribution < 1.29 is 20.4 Å². The fourth-order valence-corrected chi connectivity index (χ4v) is 7.77. The minimum atomic E-state index is -1.28. The van der Waals surface area contributed by atoms with Gasteiger partial charge in [-0.15, -0.1) is 0 Å². The highest BCUT2D eigenvalue weighted by atomic mass is 16.4. The molecule has 4 aliphatic rings. The molecule has 138 valence electrons. The van der Waals surface area contributed by atoms with Gasteiger partial charge in [-0.3, -0.25) is 0 Å². The van der Waals surface area contributed by atoms with Gasteiger partial charge in [-0.25, -0.2) is 0 Å². The quantitative estimate of drug-likeness (QED) is 0.544. The molecule has 0 aliphatic heterocycles. The van der Waals surface area contributed by atoms with E-state index in [1.165, 1.54) is 0 Å². The Morgan fingerprint density at radius 2 is 1.54 bits per heavy atom. The second-order valence-corrected chi connectivity index (χ2v) is 10.2. The third kappa shape index (κ3) is 1.74. The molecule has 4 heteroatoms. The highest BCUT2D eigenvalue weighted by Gasteiger charge is 2.71. The van der Waals surface area contributed by atoms with Crippen LogP contribution in [-0.4, -0.2) is 44.3 Å². The molecule has 1 spiro atoms. The Morgan fingerprint density at radius 1 is 0.875 bits per heavy atom. The zero-order valence-electron chi connectivity index (χ0n) is 15.4. The van der Waals surface area contributed by atoms with Gasteiger partial charge in [-0.2, -0.15) is 0 Å². The second-order valence-electron chi connectivity index (χ2n) is 10.2. The minimum Gasteiger partial charge on any atom is -0.392 e. The average Bonchev–Trinajstić information content (AvgIpc) is 2.73. The lowest BCUT2D eigenvalue weighted by atomic mass is 9.59. The van der Waals surface area contributed by atoms with E-state index < -0.39 is 23.2 Å². The lowest BCUT2D eigenvalue weighted by Gasteiger charge is -2.47. The van der Waals surface area contributed by atoms with E-state index in [0.29, 0.717) is 30.6 Å².